The van der Waals surface area contributed by atoms with E-state index < -0.39 is 99.1 Å². The maximum atomic E-state index is 14.7. The minimum atomic E-state index is -5.33. The van der Waals surface area contributed by atoms with E-state index in [1.807, 2.05) is 5.32 Å². The summed E-state index contributed by atoms with van der Waals surface area (Å²) in [6, 6.07) is 18.3. The third-order valence-corrected chi connectivity index (χ3v) is 15.9. The van der Waals surface area contributed by atoms with Gasteiger partial charge in [0.2, 0.25) is 30.9 Å². The van der Waals surface area contributed by atoms with Crippen LogP contribution in [0.15, 0.2) is 126 Å². The average molecular weight is 1130 g/mol. The number of carboxylic acid groups (broad SMARTS) is 1. The molecule has 0 spiro atoms. The SMILES string of the molecule is CN(C)C(=O)c1ccc(S(=O)(=O)c2ccc(NC(=O)C(C)(O)C(F)(F)F)c(Cl)c2F)cc1.CN(C)C(=O)c1ccc(S(=O)(=O)c2ccc(NC(=O)[C@@](C)(O)C(F)(F)F)c(Cl)c2Sc2ccc(C(=O)O)cc2)cc1. The summed E-state index contributed by atoms with van der Waals surface area (Å²) in [6.07, 6.45) is -10.7. The van der Waals surface area contributed by atoms with Crippen LogP contribution in [-0.2, 0) is 29.3 Å². The molecule has 0 aromatic heterocycles. The van der Waals surface area contributed by atoms with Crippen molar-refractivity contribution in [3.05, 3.63) is 130 Å². The molecule has 73 heavy (non-hydrogen) atoms. The van der Waals surface area contributed by atoms with Crippen molar-refractivity contribution in [2.75, 3.05) is 38.8 Å². The molecule has 5 aromatic rings. The fourth-order valence-corrected chi connectivity index (χ4v) is 10.3. The predicted octanol–water partition coefficient (Wildman–Crippen LogP) is 8.24. The molecule has 0 heterocycles. The molecule has 5 N–H and O–H groups in total. The molecule has 392 valence electrons. The number of sulfone groups is 2. The number of carboxylic acids is 1. The first kappa shape index (κ1) is 59.3. The van der Waals surface area contributed by atoms with Gasteiger partial charge in [-0.3, -0.25) is 19.2 Å². The van der Waals surface area contributed by atoms with Crippen LogP contribution in [0.5, 0.6) is 0 Å². The smallest absolute Gasteiger partial charge is 0.426 e. The van der Waals surface area contributed by atoms with E-state index in [0.29, 0.717) is 11.0 Å². The van der Waals surface area contributed by atoms with Gasteiger partial charge in [-0.2, -0.15) is 26.3 Å². The molecule has 2 atom stereocenters. The van der Waals surface area contributed by atoms with Crippen molar-refractivity contribution in [3.63, 3.8) is 0 Å². The fraction of sp³-hybridized carbons (Fsp3) is 0.222. The number of benzene rings is 5. The van der Waals surface area contributed by atoms with Crippen LogP contribution in [0.1, 0.15) is 44.9 Å². The molecule has 0 fully saturated rings. The van der Waals surface area contributed by atoms with E-state index in [1.165, 1.54) is 98.7 Å². The number of nitrogens with zero attached hydrogens (tertiary/aromatic N) is 2. The van der Waals surface area contributed by atoms with E-state index in [1.54, 1.807) is 5.32 Å². The van der Waals surface area contributed by atoms with Crippen molar-refractivity contribution in [1.29, 1.82) is 0 Å². The number of carbonyl (C=O) groups is 5. The summed E-state index contributed by atoms with van der Waals surface area (Å²) in [6.45, 7) is 0.440. The Balaban J connectivity index is 0.000000327. The second-order valence-electron chi connectivity index (χ2n) is 15.9. The molecule has 0 saturated heterocycles. The fourth-order valence-electron chi connectivity index (χ4n) is 5.63. The Bertz CT molecular complexity index is 3190. The number of anilines is 2. The van der Waals surface area contributed by atoms with Gasteiger partial charge in [-0.1, -0.05) is 35.0 Å². The molecule has 0 aliphatic carbocycles. The average Bonchev–Trinajstić information content (AvgIpc) is 3.30. The summed E-state index contributed by atoms with van der Waals surface area (Å²) in [5.74, 6) is -7.29. The van der Waals surface area contributed by atoms with Gasteiger partial charge in [-0.15, -0.1) is 0 Å². The van der Waals surface area contributed by atoms with E-state index >= 15 is 0 Å². The molecule has 5 rings (SSSR count). The molecule has 0 radical (unpaired) electrons. The van der Waals surface area contributed by atoms with Gasteiger partial charge >= 0.3 is 18.3 Å². The first-order chi connectivity index (χ1) is 33.4. The lowest BCUT2D eigenvalue weighted by Crippen LogP contribution is -2.52. The summed E-state index contributed by atoms with van der Waals surface area (Å²) < 4.78 is 145. The van der Waals surface area contributed by atoms with E-state index in [4.69, 9.17) is 28.3 Å². The molecule has 1 unspecified atom stereocenters. The number of aliphatic hydroxyl groups is 2. The lowest BCUT2D eigenvalue weighted by molar-refractivity contribution is -0.243. The second-order valence-corrected chi connectivity index (χ2v) is 21.6. The Morgan fingerprint density at radius 3 is 1.25 bits per heavy atom. The topological polar surface area (TPSA) is 245 Å². The second kappa shape index (κ2) is 22.0. The Kier molecular flexibility index (Phi) is 17.9. The lowest BCUT2D eigenvalue weighted by Gasteiger charge is -2.25. The van der Waals surface area contributed by atoms with Crippen molar-refractivity contribution < 1.29 is 86.9 Å². The number of amides is 4. The van der Waals surface area contributed by atoms with Crippen molar-refractivity contribution in [2.45, 2.75) is 66.8 Å². The summed E-state index contributed by atoms with van der Waals surface area (Å²) in [5.41, 5.74) is -8.34. The Labute approximate surface area is 425 Å². The van der Waals surface area contributed by atoms with Crippen LogP contribution in [-0.4, -0.2) is 123 Å². The minimum absolute atomic E-state index is 0.0592. The van der Waals surface area contributed by atoms with Crippen LogP contribution < -0.4 is 10.6 Å². The zero-order valence-electron chi connectivity index (χ0n) is 38.3. The monoisotopic (exact) mass is 1130 g/mol. The highest BCUT2D eigenvalue weighted by Crippen LogP contribution is 2.44. The van der Waals surface area contributed by atoms with Crippen LogP contribution in [0, 0.1) is 5.82 Å². The Morgan fingerprint density at radius 1 is 0.548 bits per heavy atom. The van der Waals surface area contributed by atoms with Crippen molar-refractivity contribution in [3.8, 4) is 0 Å². The van der Waals surface area contributed by atoms with E-state index in [0.717, 1.165) is 42.1 Å². The third-order valence-electron chi connectivity index (χ3n) is 10.1. The highest BCUT2D eigenvalue weighted by Gasteiger charge is 2.57. The zero-order chi connectivity index (χ0) is 55.6. The number of aromatic carboxylic acids is 1. The number of halogens is 9. The minimum Gasteiger partial charge on any atom is -0.478 e. The Hall–Kier alpha value is -6.29. The lowest BCUT2D eigenvalue weighted by atomic mass is 10.1. The van der Waals surface area contributed by atoms with Gasteiger partial charge < -0.3 is 35.8 Å². The van der Waals surface area contributed by atoms with Gasteiger partial charge in [-0.05, 0) is 111 Å². The highest BCUT2D eigenvalue weighted by molar-refractivity contribution is 8.00. The summed E-state index contributed by atoms with van der Waals surface area (Å²) in [5, 5.41) is 30.3. The molecular weight excluding hydrogens is 1090 g/mol. The van der Waals surface area contributed by atoms with Gasteiger partial charge in [-0.25, -0.2) is 26.0 Å². The first-order valence-corrected chi connectivity index (χ1v) is 24.6. The largest absolute Gasteiger partial charge is 0.478 e. The van der Waals surface area contributed by atoms with Crippen LogP contribution in [0.2, 0.25) is 10.0 Å². The van der Waals surface area contributed by atoms with Gasteiger partial charge in [0.05, 0.1) is 41.5 Å². The Morgan fingerprint density at radius 2 is 0.890 bits per heavy atom. The third kappa shape index (κ3) is 12.9. The maximum Gasteiger partial charge on any atom is 0.426 e. The molecular formula is C45H39Cl2F7N4O12S3. The van der Waals surface area contributed by atoms with E-state index in [-0.39, 0.29) is 56.0 Å². The molecule has 0 aliphatic heterocycles. The number of nitrogens with one attached hydrogen (secondary N) is 2. The van der Waals surface area contributed by atoms with E-state index in [9.17, 15) is 81.8 Å². The summed E-state index contributed by atoms with van der Waals surface area (Å²) in [4.78, 5) is 60.1. The van der Waals surface area contributed by atoms with Gasteiger partial charge in [0.15, 0.2) is 5.82 Å². The van der Waals surface area contributed by atoms with Crippen molar-refractivity contribution >= 4 is 95.6 Å². The number of alkyl halides is 6. The van der Waals surface area contributed by atoms with Crippen molar-refractivity contribution in [2.24, 2.45) is 0 Å². The van der Waals surface area contributed by atoms with Gasteiger partial charge in [0, 0.05) is 44.2 Å². The molecule has 0 aliphatic rings. The number of carbonyl (C=O) groups excluding carboxylic acids is 4. The molecule has 0 saturated carbocycles. The van der Waals surface area contributed by atoms with Crippen molar-refractivity contribution in [1.82, 2.24) is 9.80 Å². The molecule has 28 heteroatoms. The summed E-state index contributed by atoms with van der Waals surface area (Å²) in [7, 11) is -2.79. The highest BCUT2D eigenvalue weighted by atomic mass is 35.5. The normalized spacial score (nSPS) is 13.5. The van der Waals surface area contributed by atoms with Crippen LogP contribution in [0.25, 0.3) is 0 Å². The van der Waals surface area contributed by atoms with Crippen LogP contribution in [0.4, 0.5) is 42.1 Å². The summed E-state index contributed by atoms with van der Waals surface area (Å²) >= 11 is 12.9. The quantitative estimate of drug-likeness (QED) is 0.0699. The first-order valence-electron chi connectivity index (χ1n) is 20.1. The molecule has 5 aromatic carbocycles. The molecule has 16 nitrogen and oxygen atoms in total. The number of hydrogen-bond acceptors (Lipinski definition) is 12. The van der Waals surface area contributed by atoms with Crippen LogP contribution >= 0.6 is 35.0 Å². The zero-order valence-corrected chi connectivity index (χ0v) is 42.2. The van der Waals surface area contributed by atoms with Crippen LogP contribution in [0.3, 0.4) is 0 Å². The standard InChI is InChI=1S/C26H22ClF3N2O7S2.C19H17ClF4N2O5S/c1-25(37,26(28,29)30)24(36)31-18-12-13-19(21(20(18)27)40-16-8-4-15(5-9-16)23(34)35)41(38,39)17-10-6-14(7-11-17)22(33)32(2)3;1-18(29,19(22,23)24)17(28)25-12-8-9-13(15(21)14(12)20)32(30,31)11-6-4-10(5-7-11)16(27)26(2)3/h4-13,37H,1-3H3,(H,31,36)(H,34,35);4-9,29H,1-3H3,(H,25,28)/t25-;/m1./s1. The number of hydrogen-bond donors (Lipinski definition) is 5. The molecule has 4 amide bonds. The van der Waals surface area contributed by atoms with Gasteiger partial charge in [0.25, 0.3) is 23.6 Å². The molecule has 0 bridgehead atoms. The number of rotatable bonds is 13. The van der Waals surface area contributed by atoms with Gasteiger partial charge in [0.1, 0.15) is 9.92 Å². The maximum absolute atomic E-state index is 14.7. The van der Waals surface area contributed by atoms with E-state index in [2.05, 4.69) is 0 Å². The predicted molar refractivity (Wildman–Crippen MR) is 251 cm³/mol.